The Labute approximate surface area is 165 Å². The first-order valence-corrected chi connectivity index (χ1v) is 9.81. The monoisotopic (exact) mass is 405 g/mol. The van der Waals surface area contributed by atoms with Gasteiger partial charge in [0.25, 0.3) is 5.56 Å². The molecule has 3 aromatic rings. The van der Waals surface area contributed by atoms with Crippen LogP contribution >= 0.6 is 0 Å². The van der Waals surface area contributed by atoms with Crippen molar-refractivity contribution in [2.45, 2.75) is 64.1 Å². The molecule has 3 heterocycles. The van der Waals surface area contributed by atoms with Crippen molar-refractivity contribution in [3.8, 4) is 0 Å². The van der Waals surface area contributed by atoms with Crippen molar-refractivity contribution < 1.29 is 13.2 Å². The number of nitrogens with one attached hydrogen (secondary N) is 1. The maximum atomic E-state index is 12.9. The predicted octanol–water partition coefficient (Wildman–Crippen LogP) is 4.50. The molecule has 1 aliphatic carbocycles. The average molecular weight is 405 g/mol. The molecule has 1 unspecified atom stereocenters. The first-order valence-electron chi connectivity index (χ1n) is 9.81. The van der Waals surface area contributed by atoms with Crippen molar-refractivity contribution in [2.75, 3.05) is 0 Å². The smallest absolute Gasteiger partial charge is 0.310 e. The standard InChI is InChI=1S/C20H22F3N5O/c1-3-15(14-9-8-13(10-24-14)20(21,22)23)28-18-16(19(29)26-11(2)25-18)17(27-28)12-6-4-5-7-12/h8-10,12,15H,3-7H2,1-2H3,(H,25,26,29). The van der Waals surface area contributed by atoms with E-state index in [1.165, 1.54) is 6.07 Å². The van der Waals surface area contributed by atoms with E-state index < -0.39 is 17.8 Å². The topological polar surface area (TPSA) is 76.5 Å². The average Bonchev–Trinajstić information content (AvgIpc) is 3.30. The molecule has 0 saturated heterocycles. The van der Waals surface area contributed by atoms with Gasteiger partial charge in [0.15, 0.2) is 5.65 Å². The molecule has 1 atom stereocenters. The number of nitrogens with zero attached hydrogens (tertiary/aromatic N) is 4. The van der Waals surface area contributed by atoms with Crippen LogP contribution in [0.2, 0.25) is 0 Å². The molecule has 1 aliphatic rings. The first kappa shape index (κ1) is 19.6. The van der Waals surface area contributed by atoms with E-state index >= 15 is 0 Å². The summed E-state index contributed by atoms with van der Waals surface area (Å²) in [5.74, 6) is 0.666. The second-order valence-corrected chi connectivity index (χ2v) is 7.55. The molecular weight excluding hydrogens is 383 g/mol. The van der Waals surface area contributed by atoms with E-state index in [0.717, 1.165) is 43.6 Å². The molecule has 1 fully saturated rings. The lowest BCUT2D eigenvalue weighted by Gasteiger charge is -2.17. The third kappa shape index (κ3) is 3.54. The Hall–Kier alpha value is -2.71. The number of alkyl halides is 3. The fraction of sp³-hybridized carbons (Fsp3) is 0.500. The molecule has 29 heavy (non-hydrogen) atoms. The molecule has 9 heteroatoms. The quantitative estimate of drug-likeness (QED) is 0.693. The summed E-state index contributed by atoms with van der Waals surface area (Å²) in [6.45, 7) is 3.61. The Morgan fingerprint density at radius 2 is 2.00 bits per heavy atom. The van der Waals surface area contributed by atoms with Gasteiger partial charge >= 0.3 is 6.18 Å². The van der Waals surface area contributed by atoms with E-state index in [-0.39, 0.29) is 11.5 Å². The highest BCUT2D eigenvalue weighted by Crippen LogP contribution is 2.37. The highest BCUT2D eigenvalue weighted by atomic mass is 19.4. The van der Waals surface area contributed by atoms with Gasteiger partial charge in [-0.3, -0.25) is 9.78 Å². The Bertz CT molecular complexity index is 1080. The number of hydrogen-bond donors (Lipinski definition) is 1. The lowest BCUT2D eigenvalue weighted by Crippen LogP contribution is -2.16. The number of aromatic nitrogens is 5. The van der Waals surface area contributed by atoms with Gasteiger partial charge < -0.3 is 4.98 Å². The van der Waals surface area contributed by atoms with Crippen LogP contribution in [0.4, 0.5) is 13.2 Å². The SMILES string of the molecule is CCC(c1ccc(C(F)(F)F)cn1)n1nc(C2CCCC2)c2c(=O)[nH]c(C)nc21. The van der Waals surface area contributed by atoms with Crippen molar-refractivity contribution in [2.24, 2.45) is 0 Å². The molecule has 1 N–H and O–H groups in total. The largest absolute Gasteiger partial charge is 0.417 e. The number of rotatable bonds is 4. The normalized spacial score (nSPS) is 16.6. The first-order chi connectivity index (χ1) is 13.8. The van der Waals surface area contributed by atoms with Gasteiger partial charge in [0, 0.05) is 12.1 Å². The predicted molar refractivity (Wildman–Crippen MR) is 102 cm³/mol. The zero-order valence-corrected chi connectivity index (χ0v) is 16.3. The number of aryl methyl sites for hydroxylation is 1. The van der Waals surface area contributed by atoms with E-state index in [1.54, 1.807) is 11.6 Å². The van der Waals surface area contributed by atoms with Crippen LogP contribution in [-0.4, -0.2) is 24.7 Å². The van der Waals surface area contributed by atoms with Crippen LogP contribution in [0.3, 0.4) is 0 Å². The van der Waals surface area contributed by atoms with Crippen LogP contribution in [0.15, 0.2) is 23.1 Å². The molecule has 0 amide bonds. The van der Waals surface area contributed by atoms with Gasteiger partial charge in [0.1, 0.15) is 11.2 Å². The summed E-state index contributed by atoms with van der Waals surface area (Å²) in [6.07, 6.45) is 1.07. The molecule has 0 radical (unpaired) electrons. The minimum absolute atomic E-state index is 0.197. The summed E-state index contributed by atoms with van der Waals surface area (Å²) in [4.78, 5) is 24.0. The van der Waals surface area contributed by atoms with Gasteiger partial charge in [-0.05, 0) is 38.3 Å². The van der Waals surface area contributed by atoms with Gasteiger partial charge in [-0.2, -0.15) is 18.3 Å². The molecular formula is C20H22F3N5O. The molecule has 1 saturated carbocycles. The second-order valence-electron chi connectivity index (χ2n) is 7.55. The van der Waals surface area contributed by atoms with Crippen LogP contribution in [0, 0.1) is 6.92 Å². The van der Waals surface area contributed by atoms with Crippen LogP contribution in [0.5, 0.6) is 0 Å². The summed E-state index contributed by atoms with van der Waals surface area (Å²) < 4.78 is 40.3. The Balaban J connectivity index is 1.86. The van der Waals surface area contributed by atoms with Crippen LogP contribution in [-0.2, 0) is 6.18 Å². The fourth-order valence-electron chi connectivity index (χ4n) is 4.16. The maximum absolute atomic E-state index is 12.9. The summed E-state index contributed by atoms with van der Waals surface area (Å²) in [6, 6.07) is 1.99. The molecule has 6 nitrogen and oxygen atoms in total. The third-order valence-electron chi connectivity index (χ3n) is 5.59. The van der Waals surface area contributed by atoms with Crippen LogP contribution in [0.25, 0.3) is 11.0 Å². The lowest BCUT2D eigenvalue weighted by atomic mass is 10.0. The second kappa shape index (κ2) is 7.27. The van der Waals surface area contributed by atoms with Crippen LogP contribution < -0.4 is 5.56 Å². The van der Waals surface area contributed by atoms with E-state index in [0.29, 0.717) is 29.0 Å². The Morgan fingerprint density at radius 3 is 2.59 bits per heavy atom. The number of aromatic amines is 1. The molecule has 4 rings (SSSR count). The minimum atomic E-state index is -4.44. The number of pyridine rings is 1. The maximum Gasteiger partial charge on any atom is 0.417 e. The Morgan fingerprint density at radius 1 is 1.28 bits per heavy atom. The highest BCUT2D eigenvalue weighted by molar-refractivity contribution is 5.78. The van der Waals surface area contributed by atoms with Crippen molar-refractivity contribution in [3.05, 3.63) is 51.5 Å². The molecule has 0 aromatic carbocycles. The van der Waals surface area contributed by atoms with Crippen molar-refractivity contribution >= 4 is 11.0 Å². The Kier molecular flexibility index (Phi) is 4.92. The summed E-state index contributed by atoms with van der Waals surface area (Å²) in [7, 11) is 0. The van der Waals surface area contributed by atoms with E-state index in [4.69, 9.17) is 5.10 Å². The third-order valence-corrected chi connectivity index (χ3v) is 5.59. The fourth-order valence-corrected chi connectivity index (χ4v) is 4.16. The van der Waals surface area contributed by atoms with Crippen molar-refractivity contribution in [3.63, 3.8) is 0 Å². The summed E-state index contributed by atoms with van der Waals surface area (Å²) in [5, 5.41) is 5.24. The molecule has 0 bridgehead atoms. The number of H-pyrrole nitrogens is 1. The zero-order valence-electron chi connectivity index (χ0n) is 16.3. The molecule has 0 spiro atoms. The number of hydrogen-bond acceptors (Lipinski definition) is 4. The van der Waals surface area contributed by atoms with E-state index in [2.05, 4.69) is 15.0 Å². The zero-order chi connectivity index (χ0) is 20.8. The minimum Gasteiger partial charge on any atom is -0.310 e. The van der Waals surface area contributed by atoms with Gasteiger partial charge in [0.05, 0.1) is 23.0 Å². The lowest BCUT2D eigenvalue weighted by molar-refractivity contribution is -0.137. The number of halogens is 3. The highest BCUT2D eigenvalue weighted by Gasteiger charge is 2.32. The molecule has 154 valence electrons. The molecule has 3 aromatic heterocycles. The van der Waals surface area contributed by atoms with Crippen molar-refractivity contribution in [1.82, 2.24) is 24.7 Å². The van der Waals surface area contributed by atoms with Crippen LogP contribution in [0.1, 0.15) is 73.8 Å². The molecule has 0 aliphatic heterocycles. The van der Waals surface area contributed by atoms with E-state index in [1.807, 2.05) is 6.92 Å². The van der Waals surface area contributed by atoms with Gasteiger partial charge in [-0.25, -0.2) is 9.67 Å². The van der Waals surface area contributed by atoms with E-state index in [9.17, 15) is 18.0 Å². The van der Waals surface area contributed by atoms with Gasteiger partial charge in [-0.1, -0.05) is 19.8 Å². The van der Waals surface area contributed by atoms with Crippen molar-refractivity contribution in [1.29, 1.82) is 0 Å². The van der Waals surface area contributed by atoms with Gasteiger partial charge in [0.2, 0.25) is 0 Å². The summed E-state index contributed by atoms with van der Waals surface area (Å²) in [5.41, 5.74) is 0.635. The van der Waals surface area contributed by atoms with Gasteiger partial charge in [-0.15, -0.1) is 0 Å². The number of fused-ring (bicyclic) bond motifs is 1. The summed E-state index contributed by atoms with van der Waals surface area (Å²) >= 11 is 0.